The van der Waals surface area contributed by atoms with Gasteiger partial charge in [0, 0.05) is 18.2 Å². The van der Waals surface area contributed by atoms with E-state index >= 15 is 0 Å². The molecule has 0 bridgehead atoms. The van der Waals surface area contributed by atoms with E-state index in [1.807, 2.05) is 13.8 Å². The molecule has 2 rings (SSSR count). The Labute approximate surface area is 118 Å². The third-order valence-electron chi connectivity index (χ3n) is 3.81. The van der Waals surface area contributed by atoms with Crippen LogP contribution in [-0.2, 0) is 9.53 Å². The molecule has 1 saturated heterocycles. The first-order chi connectivity index (χ1) is 9.50. The Balaban J connectivity index is 2.09. The maximum absolute atomic E-state index is 13.8. The number of morpholine rings is 1. The van der Waals surface area contributed by atoms with Gasteiger partial charge in [0.2, 0.25) is 5.91 Å². The van der Waals surface area contributed by atoms with E-state index in [9.17, 15) is 9.18 Å². The minimum absolute atomic E-state index is 0.00430. The van der Waals surface area contributed by atoms with Gasteiger partial charge >= 0.3 is 0 Å². The van der Waals surface area contributed by atoms with Gasteiger partial charge in [-0.25, -0.2) is 4.39 Å². The molecule has 0 aliphatic carbocycles. The summed E-state index contributed by atoms with van der Waals surface area (Å²) in [5.74, 6) is -0.536. The van der Waals surface area contributed by atoms with Gasteiger partial charge in [0.25, 0.3) is 0 Å². The highest BCUT2D eigenvalue weighted by molar-refractivity contribution is 5.79. The third-order valence-corrected chi connectivity index (χ3v) is 3.81. The van der Waals surface area contributed by atoms with Crippen molar-refractivity contribution in [1.29, 1.82) is 0 Å². The van der Waals surface area contributed by atoms with Crippen LogP contribution in [0.1, 0.15) is 25.5 Å². The normalized spacial score (nSPS) is 22.4. The van der Waals surface area contributed by atoms with E-state index < -0.39 is 6.10 Å². The van der Waals surface area contributed by atoms with Gasteiger partial charge in [-0.2, -0.15) is 0 Å². The monoisotopic (exact) mass is 280 g/mol. The van der Waals surface area contributed by atoms with E-state index in [4.69, 9.17) is 10.5 Å². The second kappa shape index (κ2) is 6.33. The van der Waals surface area contributed by atoms with E-state index in [2.05, 4.69) is 0 Å². The van der Waals surface area contributed by atoms with E-state index in [0.717, 1.165) is 0 Å². The molecular formula is C15H21FN2O2. The number of amides is 1. The van der Waals surface area contributed by atoms with Crippen LogP contribution in [-0.4, -0.2) is 36.5 Å². The number of ether oxygens (including phenoxy) is 1. The maximum Gasteiger partial charge on any atom is 0.227 e. The molecule has 0 aromatic heterocycles. The Hall–Kier alpha value is -1.46. The van der Waals surface area contributed by atoms with Gasteiger partial charge in [-0.1, -0.05) is 25.1 Å². The molecule has 4 nitrogen and oxygen atoms in total. The number of halogens is 1. The Morgan fingerprint density at radius 3 is 2.80 bits per heavy atom. The summed E-state index contributed by atoms with van der Waals surface area (Å²) in [4.78, 5) is 14.0. The van der Waals surface area contributed by atoms with Crippen LogP contribution in [0.3, 0.4) is 0 Å². The smallest absolute Gasteiger partial charge is 0.227 e. The van der Waals surface area contributed by atoms with Crippen molar-refractivity contribution >= 4 is 5.91 Å². The first kappa shape index (κ1) is 14.9. The molecule has 0 saturated carbocycles. The fourth-order valence-corrected chi connectivity index (χ4v) is 2.29. The Kier molecular flexibility index (Phi) is 4.73. The van der Waals surface area contributed by atoms with Crippen molar-refractivity contribution < 1.29 is 13.9 Å². The van der Waals surface area contributed by atoms with Gasteiger partial charge in [-0.3, -0.25) is 4.79 Å². The maximum atomic E-state index is 13.8. The molecule has 1 heterocycles. The largest absolute Gasteiger partial charge is 0.370 e. The van der Waals surface area contributed by atoms with Gasteiger partial charge in [-0.05, 0) is 13.0 Å². The van der Waals surface area contributed by atoms with Crippen molar-refractivity contribution in [2.45, 2.75) is 26.0 Å². The molecule has 1 aliphatic rings. The summed E-state index contributed by atoms with van der Waals surface area (Å²) in [6.45, 7) is 4.95. The summed E-state index contributed by atoms with van der Waals surface area (Å²) >= 11 is 0. The molecule has 20 heavy (non-hydrogen) atoms. The second-order valence-corrected chi connectivity index (χ2v) is 5.31. The number of benzene rings is 1. The molecule has 3 unspecified atom stereocenters. The highest BCUT2D eigenvalue weighted by atomic mass is 19.1. The van der Waals surface area contributed by atoms with Gasteiger partial charge in [-0.15, -0.1) is 0 Å². The topological polar surface area (TPSA) is 55.6 Å². The zero-order valence-electron chi connectivity index (χ0n) is 11.9. The second-order valence-electron chi connectivity index (χ2n) is 5.31. The molecule has 1 aliphatic heterocycles. The quantitative estimate of drug-likeness (QED) is 0.917. The number of hydrogen-bond donors (Lipinski definition) is 1. The van der Waals surface area contributed by atoms with Crippen molar-refractivity contribution in [2.75, 3.05) is 19.7 Å². The number of carbonyl (C=O) groups excluding carboxylic acids is 1. The molecule has 0 radical (unpaired) electrons. The molecule has 2 N–H and O–H groups in total. The summed E-state index contributed by atoms with van der Waals surface area (Å²) in [5, 5.41) is 0. The average molecular weight is 280 g/mol. The predicted octanol–water partition coefficient (Wildman–Crippen LogP) is 1.71. The number of hydrogen-bond acceptors (Lipinski definition) is 3. The summed E-state index contributed by atoms with van der Waals surface area (Å²) in [5.41, 5.74) is 6.27. The fourth-order valence-electron chi connectivity index (χ4n) is 2.29. The van der Waals surface area contributed by atoms with Gasteiger partial charge in [0.15, 0.2) is 0 Å². The number of carbonyl (C=O) groups is 1. The molecule has 3 atom stereocenters. The van der Waals surface area contributed by atoms with Crippen LogP contribution in [0.25, 0.3) is 0 Å². The first-order valence-electron chi connectivity index (χ1n) is 6.91. The van der Waals surface area contributed by atoms with Crippen LogP contribution in [0, 0.1) is 11.7 Å². The standard InChI is InChI=1S/C15H21FN2O2/c1-10(11(2)17)15(19)18-7-8-20-14(9-18)12-5-3-4-6-13(12)16/h3-6,10-11,14H,7-9,17H2,1-2H3. The third kappa shape index (κ3) is 3.16. The van der Waals surface area contributed by atoms with Crippen LogP contribution in [0.5, 0.6) is 0 Å². The zero-order chi connectivity index (χ0) is 14.7. The Morgan fingerprint density at radius 2 is 2.15 bits per heavy atom. The molecule has 5 heteroatoms. The summed E-state index contributed by atoms with van der Waals surface area (Å²) in [6.07, 6.45) is -0.408. The van der Waals surface area contributed by atoms with Gasteiger partial charge in [0.1, 0.15) is 11.9 Å². The molecule has 1 aromatic carbocycles. The van der Waals surface area contributed by atoms with Gasteiger partial charge in [0.05, 0.1) is 19.1 Å². The number of nitrogens with two attached hydrogens (primary N) is 1. The Morgan fingerprint density at radius 1 is 1.45 bits per heavy atom. The lowest BCUT2D eigenvalue weighted by Gasteiger charge is -2.35. The van der Waals surface area contributed by atoms with Crippen LogP contribution < -0.4 is 5.73 Å². The lowest BCUT2D eigenvalue weighted by molar-refractivity contribution is -0.143. The van der Waals surface area contributed by atoms with Crippen LogP contribution in [0.4, 0.5) is 4.39 Å². The van der Waals surface area contributed by atoms with Gasteiger partial charge < -0.3 is 15.4 Å². The Bertz CT molecular complexity index is 479. The summed E-state index contributed by atoms with van der Waals surface area (Å²) in [7, 11) is 0. The fraction of sp³-hybridized carbons (Fsp3) is 0.533. The van der Waals surface area contributed by atoms with E-state index in [1.54, 1.807) is 23.1 Å². The van der Waals surface area contributed by atoms with Crippen LogP contribution in [0.2, 0.25) is 0 Å². The average Bonchev–Trinajstić information content (AvgIpc) is 2.46. The van der Waals surface area contributed by atoms with Crippen molar-refractivity contribution in [3.05, 3.63) is 35.6 Å². The molecule has 1 fully saturated rings. The number of rotatable bonds is 3. The zero-order valence-corrected chi connectivity index (χ0v) is 11.9. The SMILES string of the molecule is CC(N)C(C)C(=O)N1CCOC(c2ccccc2F)C1. The lowest BCUT2D eigenvalue weighted by atomic mass is 10.0. The molecular weight excluding hydrogens is 259 g/mol. The minimum atomic E-state index is -0.408. The summed E-state index contributed by atoms with van der Waals surface area (Å²) in [6, 6.07) is 6.32. The summed E-state index contributed by atoms with van der Waals surface area (Å²) < 4.78 is 19.4. The first-order valence-corrected chi connectivity index (χ1v) is 6.91. The van der Waals surface area contributed by atoms with Crippen molar-refractivity contribution in [3.63, 3.8) is 0 Å². The van der Waals surface area contributed by atoms with E-state index in [0.29, 0.717) is 25.3 Å². The van der Waals surface area contributed by atoms with E-state index in [-0.39, 0.29) is 23.7 Å². The van der Waals surface area contributed by atoms with Crippen molar-refractivity contribution in [2.24, 2.45) is 11.7 Å². The molecule has 0 spiro atoms. The lowest BCUT2D eigenvalue weighted by Crippen LogP contribution is -2.47. The highest BCUT2D eigenvalue weighted by Gasteiger charge is 2.30. The van der Waals surface area contributed by atoms with Crippen LogP contribution >= 0.6 is 0 Å². The molecule has 110 valence electrons. The minimum Gasteiger partial charge on any atom is -0.370 e. The van der Waals surface area contributed by atoms with Crippen molar-refractivity contribution in [3.8, 4) is 0 Å². The highest BCUT2D eigenvalue weighted by Crippen LogP contribution is 2.25. The van der Waals surface area contributed by atoms with E-state index in [1.165, 1.54) is 6.07 Å². The molecule has 1 amide bonds. The number of nitrogens with zero attached hydrogens (tertiary/aromatic N) is 1. The predicted molar refractivity (Wildman–Crippen MR) is 74.5 cm³/mol. The molecule has 1 aromatic rings. The van der Waals surface area contributed by atoms with Crippen molar-refractivity contribution in [1.82, 2.24) is 4.90 Å². The van der Waals surface area contributed by atoms with Crippen LogP contribution in [0.15, 0.2) is 24.3 Å².